The molecular formula is C17H23NO4. The highest BCUT2D eigenvalue weighted by atomic mass is 16.5. The average molecular weight is 305 g/mol. The highest BCUT2D eigenvalue weighted by Crippen LogP contribution is 2.32. The van der Waals surface area contributed by atoms with Crippen LogP contribution in [0.5, 0.6) is 0 Å². The van der Waals surface area contributed by atoms with Crippen LogP contribution in [0.4, 0.5) is 5.69 Å². The lowest BCUT2D eigenvalue weighted by atomic mass is 9.94. The van der Waals surface area contributed by atoms with E-state index < -0.39 is 6.10 Å². The van der Waals surface area contributed by atoms with Crippen LogP contribution in [-0.4, -0.2) is 37.7 Å². The number of benzene rings is 1. The average Bonchev–Trinajstić information content (AvgIpc) is 2.52. The second-order valence-electron chi connectivity index (χ2n) is 5.17. The van der Waals surface area contributed by atoms with Gasteiger partial charge in [0.2, 0.25) is 0 Å². The minimum Gasteiger partial charge on any atom is -0.462 e. The van der Waals surface area contributed by atoms with Gasteiger partial charge in [0.15, 0.2) is 0 Å². The number of anilines is 1. The summed E-state index contributed by atoms with van der Waals surface area (Å²) in [6, 6.07) is 5.40. The number of amides is 1. The van der Waals surface area contributed by atoms with Gasteiger partial charge in [-0.05, 0) is 38.0 Å². The smallest absolute Gasteiger partial charge is 0.338 e. The maximum Gasteiger partial charge on any atom is 0.338 e. The normalized spacial score (nSPS) is 17.3. The molecule has 1 aromatic carbocycles. The first-order valence-corrected chi connectivity index (χ1v) is 7.85. The summed E-state index contributed by atoms with van der Waals surface area (Å²) in [7, 11) is 0. The SMILES string of the molecule is CCCOC1Cc2c(C(=O)OCC)cccc2N(CC)C1=O. The van der Waals surface area contributed by atoms with Gasteiger partial charge in [0.1, 0.15) is 6.10 Å². The van der Waals surface area contributed by atoms with Crippen LogP contribution in [0.2, 0.25) is 0 Å². The molecule has 0 N–H and O–H groups in total. The van der Waals surface area contributed by atoms with Crippen molar-refractivity contribution in [3.8, 4) is 0 Å². The first-order valence-electron chi connectivity index (χ1n) is 7.85. The molecule has 0 saturated carbocycles. The van der Waals surface area contributed by atoms with Gasteiger partial charge in [-0.25, -0.2) is 4.79 Å². The van der Waals surface area contributed by atoms with Gasteiger partial charge in [0.25, 0.3) is 5.91 Å². The molecular weight excluding hydrogens is 282 g/mol. The lowest BCUT2D eigenvalue weighted by molar-refractivity contribution is -0.130. The molecule has 5 nitrogen and oxygen atoms in total. The van der Waals surface area contributed by atoms with Crippen LogP contribution >= 0.6 is 0 Å². The first kappa shape index (κ1) is 16.5. The molecule has 1 heterocycles. The van der Waals surface area contributed by atoms with Crippen molar-refractivity contribution in [2.75, 3.05) is 24.7 Å². The van der Waals surface area contributed by atoms with Crippen LogP contribution in [0.1, 0.15) is 43.1 Å². The third kappa shape index (κ3) is 3.14. The number of likely N-dealkylation sites (N-methyl/N-ethyl adjacent to an activating group) is 1. The summed E-state index contributed by atoms with van der Waals surface area (Å²) < 4.78 is 10.8. The van der Waals surface area contributed by atoms with Crippen molar-refractivity contribution < 1.29 is 19.1 Å². The molecule has 0 bridgehead atoms. The lowest BCUT2D eigenvalue weighted by Gasteiger charge is -2.34. The van der Waals surface area contributed by atoms with Gasteiger partial charge in [-0.3, -0.25) is 4.79 Å². The van der Waals surface area contributed by atoms with Gasteiger partial charge in [-0.2, -0.15) is 0 Å². The van der Waals surface area contributed by atoms with Crippen molar-refractivity contribution in [1.82, 2.24) is 0 Å². The molecule has 1 atom stereocenters. The van der Waals surface area contributed by atoms with E-state index in [-0.39, 0.29) is 11.9 Å². The number of ether oxygens (including phenoxy) is 2. The van der Waals surface area contributed by atoms with Crippen molar-refractivity contribution in [3.05, 3.63) is 29.3 Å². The molecule has 1 unspecified atom stereocenters. The number of hydrogen-bond donors (Lipinski definition) is 0. The fraction of sp³-hybridized carbons (Fsp3) is 0.529. The summed E-state index contributed by atoms with van der Waals surface area (Å²) >= 11 is 0. The van der Waals surface area contributed by atoms with Gasteiger partial charge in [-0.15, -0.1) is 0 Å². The predicted octanol–water partition coefficient (Wildman–Crippen LogP) is 2.57. The Kier molecular flexibility index (Phi) is 5.55. The number of rotatable bonds is 6. The molecule has 0 spiro atoms. The number of hydrogen-bond acceptors (Lipinski definition) is 4. The number of carbonyl (C=O) groups is 2. The summed E-state index contributed by atoms with van der Waals surface area (Å²) in [6.07, 6.45) is 0.741. The summed E-state index contributed by atoms with van der Waals surface area (Å²) in [5.74, 6) is -0.386. The van der Waals surface area contributed by atoms with E-state index in [2.05, 4.69) is 0 Å². The maximum atomic E-state index is 12.5. The third-order valence-corrected chi connectivity index (χ3v) is 3.71. The monoisotopic (exact) mass is 305 g/mol. The van der Waals surface area contributed by atoms with Crippen molar-refractivity contribution >= 4 is 17.6 Å². The Bertz CT molecular complexity index is 556. The van der Waals surface area contributed by atoms with E-state index in [0.717, 1.165) is 17.7 Å². The van der Waals surface area contributed by atoms with E-state index in [9.17, 15) is 9.59 Å². The summed E-state index contributed by atoms with van der Waals surface area (Å²) in [6.45, 7) is 7.11. The Balaban J connectivity index is 2.40. The largest absolute Gasteiger partial charge is 0.462 e. The molecule has 0 radical (unpaired) electrons. The number of fused-ring (bicyclic) bond motifs is 1. The van der Waals surface area contributed by atoms with Crippen LogP contribution in [0.3, 0.4) is 0 Å². The Morgan fingerprint density at radius 1 is 1.32 bits per heavy atom. The summed E-state index contributed by atoms with van der Waals surface area (Å²) in [4.78, 5) is 26.3. The van der Waals surface area contributed by atoms with E-state index in [0.29, 0.717) is 31.7 Å². The lowest BCUT2D eigenvalue weighted by Crippen LogP contribution is -2.46. The molecule has 1 aromatic rings. The minimum absolute atomic E-state index is 0.0375. The molecule has 1 aliphatic rings. The molecule has 1 amide bonds. The zero-order chi connectivity index (χ0) is 16.1. The maximum absolute atomic E-state index is 12.5. The third-order valence-electron chi connectivity index (χ3n) is 3.71. The molecule has 5 heteroatoms. The van der Waals surface area contributed by atoms with Crippen LogP contribution in [-0.2, 0) is 20.7 Å². The second-order valence-corrected chi connectivity index (χ2v) is 5.17. The standard InChI is InChI=1S/C17H23NO4/c1-4-10-22-15-11-13-12(17(20)21-6-3)8-7-9-14(13)18(5-2)16(15)19/h7-9,15H,4-6,10-11H2,1-3H3. The topological polar surface area (TPSA) is 55.8 Å². The Labute approximate surface area is 131 Å². The zero-order valence-corrected chi connectivity index (χ0v) is 13.4. The van der Waals surface area contributed by atoms with Crippen LogP contribution < -0.4 is 4.90 Å². The van der Waals surface area contributed by atoms with Gasteiger partial charge in [0.05, 0.1) is 12.2 Å². The van der Waals surface area contributed by atoms with Crippen molar-refractivity contribution in [1.29, 1.82) is 0 Å². The van der Waals surface area contributed by atoms with Crippen LogP contribution in [0, 0.1) is 0 Å². The zero-order valence-electron chi connectivity index (χ0n) is 13.4. The number of nitrogens with zero attached hydrogens (tertiary/aromatic N) is 1. The minimum atomic E-state index is -0.525. The highest BCUT2D eigenvalue weighted by Gasteiger charge is 2.35. The fourth-order valence-corrected chi connectivity index (χ4v) is 2.72. The van der Waals surface area contributed by atoms with E-state index in [4.69, 9.17) is 9.47 Å². The van der Waals surface area contributed by atoms with Gasteiger partial charge in [0, 0.05) is 25.3 Å². The highest BCUT2D eigenvalue weighted by molar-refractivity contribution is 6.03. The molecule has 22 heavy (non-hydrogen) atoms. The molecule has 0 aromatic heterocycles. The predicted molar refractivity (Wildman–Crippen MR) is 84.2 cm³/mol. The fourth-order valence-electron chi connectivity index (χ4n) is 2.72. The van der Waals surface area contributed by atoms with Crippen molar-refractivity contribution in [3.63, 3.8) is 0 Å². The van der Waals surface area contributed by atoms with Gasteiger partial charge >= 0.3 is 5.97 Å². The van der Waals surface area contributed by atoms with Crippen molar-refractivity contribution in [2.45, 2.75) is 39.7 Å². The van der Waals surface area contributed by atoms with E-state index in [1.54, 1.807) is 24.0 Å². The number of esters is 1. The molecule has 1 aliphatic heterocycles. The first-order chi connectivity index (χ1) is 10.6. The number of carbonyl (C=O) groups excluding carboxylic acids is 2. The summed E-state index contributed by atoms with van der Waals surface area (Å²) in [5.41, 5.74) is 2.15. The van der Waals surface area contributed by atoms with Crippen LogP contribution in [0.15, 0.2) is 18.2 Å². The van der Waals surface area contributed by atoms with Gasteiger partial charge in [-0.1, -0.05) is 13.0 Å². The molecule has 0 aliphatic carbocycles. The quantitative estimate of drug-likeness (QED) is 0.758. The molecule has 120 valence electrons. The van der Waals surface area contributed by atoms with E-state index in [1.807, 2.05) is 19.9 Å². The second kappa shape index (κ2) is 7.40. The van der Waals surface area contributed by atoms with Crippen LogP contribution in [0.25, 0.3) is 0 Å². The Hall–Kier alpha value is -1.88. The van der Waals surface area contributed by atoms with E-state index >= 15 is 0 Å². The van der Waals surface area contributed by atoms with E-state index in [1.165, 1.54) is 0 Å². The molecule has 2 rings (SSSR count). The van der Waals surface area contributed by atoms with Gasteiger partial charge < -0.3 is 14.4 Å². The van der Waals surface area contributed by atoms with Crippen molar-refractivity contribution in [2.24, 2.45) is 0 Å². The molecule has 0 saturated heterocycles. The Morgan fingerprint density at radius 3 is 2.73 bits per heavy atom. The Morgan fingerprint density at radius 2 is 2.09 bits per heavy atom. The summed E-state index contributed by atoms with van der Waals surface area (Å²) in [5, 5.41) is 0. The molecule has 0 fully saturated rings.